The van der Waals surface area contributed by atoms with Gasteiger partial charge in [0.25, 0.3) is 0 Å². The molecule has 0 unspecified atom stereocenters. The molecule has 0 saturated heterocycles. The average molecular weight is 275 g/mol. The molecule has 8 heteroatoms. The van der Waals surface area contributed by atoms with Crippen molar-refractivity contribution < 1.29 is 9.31 Å². The minimum absolute atomic E-state index is 0.0897. The van der Waals surface area contributed by atoms with Crippen LogP contribution in [0.3, 0.4) is 0 Å². The molecule has 2 N–H and O–H groups in total. The van der Waals surface area contributed by atoms with E-state index in [1.807, 2.05) is 0 Å². The molecule has 1 aromatic carbocycles. The van der Waals surface area contributed by atoms with Gasteiger partial charge in [-0.15, -0.1) is 0 Å². The fraction of sp³-hybridized carbons (Fsp3) is 0.167. The molecule has 102 valence electrons. The van der Waals surface area contributed by atoms with Crippen molar-refractivity contribution >= 4 is 23.0 Å². The first-order chi connectivity index (χ1) is 9.58. The minimum Gasteiger partial charge on any atom is -0.378 e. The Balaban J connectivity index is 2.16. The van der Waals surface area contributed by atoms with Crippen LogP contribution in [0.1, 0.15) is 5.56 Å². The minimum atomic E-state index is -0.623. The number of nitrogen functional groups attached to an aromatic ring is 1. The predicted octanol–water partition coefficient (Wildman–Crippen LogP) is 1.80. The monoisotopic (exact) mass is 275 g/mol. The Morgan fingerprint density at radius 1 is 1.40 bits per heavy atom. The molecule has 0 bridgehead atoms. The highest BCUT2D eigenvalue weighted by Crippen LogP contribution is 2.39. The Kier molecular flexibility index (Phi) is 2.70. The Hall–Kier alpha value is -2.77. The zero-order valence-corrected chi connectivity index (χ0v) is 10.3. The molecule has 2 heterocycles. The third kappa shape index (κ3) is 1.81. The third-order valence-electron chi connectivity index (χ3n) is 3.21. The van der Waals surface area contributed by atoms with Crippen molar-refractivity contribution in [3.63, 3.8) is 0 Å². The molecule has 20 heavy (non-hydrogen) atoms. The van der Waals surface area contributed by atoms with Crippen LogP contribution in [-0.2, 0) is 6.42 Å². The summed E-state index contributed by atoms with van der Waals surface area (Å²) in [6.45, 7) is 0.482. The number of aromatic nitrogens is 2. The first-order valence-corrected chi connectivity index (χ1v) is 5.89. The number of nitrogens with two attached hydrogens (primary N) is 1. The van der Waals surface area contributed by atoms with Crippen molar-refractivity contribution in [1.29, 1.82) is 0 Å². The van der Waals surface area contributed by atoms with Gasteiger partial charge in [0.1, 0.15) is 12.1 Å². The van der Waals surface area contributed by atoms with Gasteiger partial charge in [-0.25, -0.2) is 14.4 Å². The predicted molar refractivity (Wildman–Crippen MR) is 70.2 cm³/mol. The molecule has 1 aliphatic heterocycles. The van der Waals surface area contributed by atoms with E-state index in [0.29, 0.717) is 18.7 Å². The third-order valence-corrected chi connectivity index (χ3v) is 3.21. The van der Waals surface area contributed by atoms with E-state index in [4.69, 9.17) is 5.73 Å². The number of nitro groups is 1. The van der Waals surface area contributed by atoms with Gasteiger partial charge in [0.15, 0.2) is 0 Å². The summed E-state index contributed by atoms with van der Waals surface area (Å²) in [5.74, 6) is -0.517. The van der Waals surface area contributed by atoms with E-state index >= 15 is 0 Å². The standard InChI is InChI=1S/C12H10FN5O2/c13-8-2-1-7-3-4-17(9(7)5-8)12-10(18(19)20)11(14)15-6-16-12/h1-2,5-6H,3-4H2,(H2,14,15,16). The van der Waals surface area contributed by atoms with Crippen LogP contribution in [0.25, 0.3) is 0 Å². The lowest BCUT2D eigenvalue weighted by Crippen LogP contribution is -2.17. The lowest BCUT2D eigenvalue weighted by atomic mass is 10.2. The Morgan fingerprint density at radius 3 is 2.95 bits per heavy atom. The molecule has 0 amide bonds. The molecular weight excluding hydrogens is 265 g/mol. The van der Waals surface area contributed by atoms with Crippen LogP contribution in [0.2, 0.25) is 0 Å². The van der Waals surface area contributed by atoms with E-state index in [2.05, 4.69) is 9.97 Å². The van der Waals surface area contributed by atoms with E-state index in [9.17, 15) is 14.5 Å². The van der Waals surface area contributed by atoms with E-state index in [0.717, 1.165) is 11.9 Å². The summed E-state index contributed by atoms with van der Waals surface area (Å²) in [7, 11) is 0. The van der Waals surface area contributed by atoms with Gasteiger partial charge in [0.05, 0.1) is 4.92 Å². The summed E-state index contributed by atoms with van der Waals surface area (Å²) in [5.41, 5.74) is 6.68. The Labute approximate surface area is 113 Å². The summed E-state index contributed by atoms with van der Waals surface area (Å²) >= 11 is 0. The van der Waals surface area contributed by atoms with Gasteiger partial charge in [0, 0.05) is 12.2 Å². The van der Waals surface area contributed by atoms with Gasteiger partial charge >= 0.3 is 5.69 Å². The molecule has 0 atom stereocenters. The SMILES string of the molecule is Nc1ncnc(N2CCc3ccc(F)cc32)c1[N+](=O)[O-]. The lowest BCUT2D eigenvalue weighted by molar-refractivity contribution is -0.383. The van der Waals surface area contributed by atoms with Crippen molar-refractivity contribution in [3.05, 3.63) is 46.0 Å². The number of benzene rings is 1. The van der Waals surface area contributed by atoms with Crippen LogP contribution < -0.4 is 10.6 Å². The second kappa shape index (κ2) is 4.41. The molecule has 1 aromatic heterocycles. The molecule has 0 saturated carbocycles. The second-order valence-electron chi connectivity index (χ2n) is 4.36. The molecule has 0 fully saturated rings. The van der Waals surface area contributed by atoms with E-state index in [1.54, 1.807) is 11.0 Å². The highest BCUT2D eigenvalue weighted by molar-refractivity contribution is 5.77. The molecule has 7 nitrogen and oxygen atoms in total. The van der Waals surface area contributed by atoms with E-state index < -0.39 is 10.7 Å². The summed E-state index contributed by atoms with van der Waals surface area (Å²) in [6.07, 6.45) is 1.83. The van der Waals surface area contributed by atoms with Crippen LogP contribution in [-0.4, -0.2) is 21.4 Å². The molecular formula is C12H10FN5O2. The summed E-state index contributed by atoms with van der Waals surface area (Å²) in [6, 6.07) is 4.37. The van der Waals surface area contributed by atoms with E-state index in [-0.39, 0.29) is 17.3 Å². The van der Waals surface area contributed by atoms with Gasteiger partial charge in [-0.1, -0.05) is 6.07 Å². The Morgan fingerprint density at radius 2 is 2.20 bits per heavy atom. The highest BCUT2D eigenvalue weighted by Gasteiger charge is 2.30. The molecule has 0 radical (unpaired) electrons. The normalized spacial score (nSPS) is 13.3. The van der Waals surface area contributed by atoms with Crippen LogP contribution in [0, 0.1) is 15.9 Å². The molecule has 3 rings (SSSR count). The van der Waals surface area contributed by atoms with Crippen molar-refractivity contribution in [2.75, 3.05) is 17.2 Å². The van der Waals surface area contributed by atoms with Crippen LogP contribution in [0.4, 0.5) is 27.4 Å². The topological polar surface area (TPSA) is 98.2 Å². The number of hydrogen-bond acceptors (Lipinski definition) is 6. The first kappa shape index (κ1) is 12.3. The van der Waals surface area contributed by atoms with Crippen LogP contribution >= 0.6 is 0 Å². The van der Waals surface area contributed by atoms with Crippen molar-refractivity contribution in [2.45, 2.75) is 6.42 Å². The van der Waals surface area contributed by atoms with Gasteiger partial charge in [-0.05, 0) is 24.1 Å². The van der Waals surface area contributed by atoms with Crippen molar-refractivity contribution in [2.24, 2.45) is 0 Å². The molecule has 0 aliphatic carbocycles. The number of rotatable bonds is 2. The maximum absolute atomic E-state index is 13.4. The second-order valence-corrected chi connectivity index (χ2v) is 4.36. The zero-order chi connectivity index (χ0) is 14.3. The van der Waals surface area contributed by atoms with Crippen molar-refractivity contribution in [3.8, 4) is 0 Å². The maximum atomic E-state index is 13.4. The Bertz CT molecular complexity index is 706. The zero-order valence-electron chi connectivity index (χ0n) is 10.3. The number of fused-ring (bicyclic) bond motifs is 1. The summed E-state index contributed by atoms with van der Waals surface area (Å²) in [5, 5.41) is 11.1. The summed E-state index contributed by atoms with van der Waals surface area (Å²) < 4.78 is 13.4. The largest absolute Gasteiger partial charge is 0.378 e. The number of halogens is 1. The average Bonchev–Trinajstić information content (AvgIpc) is 2.80. The summed E-state index contributed by atoms with van der Waals surface area (Å²) in [4.78, 5) is 19.7. The van der Waals surface area contributed by atoms with Gasteiger partial charge in [-0.2, -0.15) is 0 Å². The number of anilines is 3. The molecule has 2 aromatic rings. The van der Waals surface area contributed by atoms with Crippen LogP contribution in [0.5, 0.6) is 0 Å². The van der Waals surface area contributed by atoms with Gasteiger partial charge in [0.2, 0.25) is 11.6 Å². The maximum Gasteiger partial charge on any atom is 0.353 e. The van der Waals surface area contributed by atoms with E-state index in [1.165, 1.54) is 12.1 Å². The fourth-order valence-electron chi connectivity index (χ4n) is 2.33. The number of nitrogens with zero attached hydrogens (tertiary/aromatic N) is 4. The van der Waals surface area contributed by atoms with Crippen molar-refractivity contribution in [1.82, 2.24) is 9.97 Å². The van der Waals surface area contributed by atoms with Gasteiger partial charge in [-0.3, -0.25) is 10.1 Å². The fourth-order valence-corrected chi connectivity index (χ4v) is 2.33. The first-order valence-electron chi connectivity index (χ1n) is 5.89. The highest BCUT2D eigenvalue weighted by atomic mass is 19.1. The molecule has 1 aliphatic rings. The van der Waals surface area contributed by atoms with Gasteiger partial charge < -0.3 is 10.6 Å². The lowest BCUT2D eigenvalue weighted by Gasteiger charge is -2.18. The number of hydrogen-bond donors (Lipinski definition) is 1. The quantitative estimate of drug-likeness (QED) is 0.662. The smallest absolute Gasteiger partial charge is 0.353 e. The molecule has 0 spiro atoms. The van der Waals surface area contributed by atoms with Crippen LogP contribution in [0.15, 0.2) is 24.5 Å².